The maximum Gasteiger partial charge on any atom is 0.320 e. The number of piperazine rings is 1. The van der Waals surface area contributed by atoms with Gasteiger partial charge in [0, 0.05) is 43.8 Å². The molecule has 41 heavy (non-hydrogen) atoms. The summed E-state index contributed by atoms with van der Waals surface area (Å²) in [6, 6.07) is 3.90. The van der Waals surface area contributed by atoms with Gasteiger partial charge >= 0.3 is 5.97 Å². The largest absolute Gasteiger partial charge is 0.459 e. The van der Waals surface area contributed by atoms with Gasteiger partial charge in [-0.25, -0.2) is 9.97 Å². The number of esters is 1. The lowest BCUT2D eigenvalue weighted by atomic mass is 10.0. The van der Waals surface area contributed by atoms with E-state index in [1.807, 2.05) is 39.1 Å². The third kappa shape index (κ3) is 6.40. The van der Waals surface area contributed by atoms with Gasteiger partial charge in [0.25, 0.3) is 5.56 Å². The summed E-state index contributed by atoms with van der Waals surface area (Å²) in [4.78, 5) is 56.1. The van der Waals surface area contributed by atoms with Crippen molar-refractivity contribution in [2.75, 3.05) is 42.9 Å². The molecule has 4 heterocycles. The van der Waals surface area contributed by atoms with E-state index in [1.54, 1.807) is 17.7 Å². The first-order chi connectivity index (χ1) is 19.5. The molecule has 1 aliphatic carbocycles. The third-order valence-electron chi connectivity index (χ3n) is 7.75. The topological polar surface area (TPSA) is 123 Å². The van der Waals surface area contributed by atoms with Crippen molar-refractivity contribution in [1.29, 1.82) is 0 Å². The van der Waals surface area contributed by atoms with Crippen LogP contribution in [0, 0.1) is 6.92 Å². The molecule has 11 nitrogen and oxygen atoms in total. The minimum atomic E-state index is -0.480. The van der Waals surface area contributed by atoms with Gasteiger partial charge in [-0.2, -0.15) is 4.98 Å². The second-order valence-electron chi connectivity index (χ2n) is 12.0. The molecule has 0 spiro atoms. The number of carbonyl (C=O) groups is 2. The van der Waals surface area contributed by atoms with Gasteiger partial charge in [0.1, 0.15) is 17.1 Å². The van der Waals surface area contributed by atoms with Crippen LogP contribution in [0.15, 0.2) is 29.3 Å². The van der Waals surface area contributed by atoms with Crippen molar-refractivity contribution >= 4 is 40.2 Å². The summed E-state index contributed by atoms with van der Waals surface area (Å²) in [6.07, 6.45) is 7.37. The Labute approximate surface area is 239 Å². The average Bonchev–Trinajstić information content (AvgIpc) is 3.43. The summed E-state index contributed by atoms with van der Waals surface area (Å²) in [7, 11) is 0. The standard InChI is InChI=1S/C30H39N7O4/c1-19-23-17-32-29(34-27(23)37(21-8-6-7-9-21)28(40)26(19)20(2)38)33-24-11-10-22(16-31-24)36-14-12-35(13-15-36)18-25(39)41-30(3,4)5/h10-11,16-17,21H,6-9,12-15,18H2,1-5H3,(H,31,32,33,34). The Kier molecular flexibility index (Phi) is 8.08. The molecule has 1 N–H and O–H groups in total. The Morgan fingerprint density at radius 1 is 1.05 bits per heavy atom. The second-order valence-corrected chi connectivity index (χ2v) is 12.0. The summed E-state index contributed by atoms with van der Waals surface area (Å²) in [5, 5.41) is 3.88. The highest BCUT2D eigenvalue weighted by atomic mass is 16.6. The molecule has 0 atom stereocenters. The van der Waals surface area contributed by atoms with Gasteiger partial charge in [0.05, 0.1) is 24.0 Å². The smallest absolute Gasteiger partial charge is 0.320 e. The molecule has 1 aliphatic heterocycles. The molecule has 2 aliphatic rings. The SMILES string of the molecule is CC(=O)c1c(C)c2cnc(Nc3ccc(N4CCN(CC(=O)OC(C)(C)C)CC4)cn3)nc2n(C2CCCC2)c1=O. The van der Waals surface area contributed by atoms with Crippen molar-refractivity contribution in [3.63, 3.8) is 0 Å². The number of pyridine rings is 2. The summed E-state index contributed by atoms with van der Waals surface area (Å²) in [5.41, 5.74) is 1.63. The maximum absolute atomic E-state index is 13.4. The van der Waals surface area contributed by atoms with Crippen LogP contribution in [-0.2, 0) is 9.53 Å². The van der Waals surface area contributed by atoms with E-state index in [9.17, 15) is 14.4 Å². The summed E-state index contributed by atoms with van der Waals surface area (Å²) in [6.45, 7) is 12.2. The fourth-order valence-corrected chi connectivity index (χ4v) is 5.79. The van der Waals surface area contributed by atoms with Crippen LogP contribution in [0.25, 0.3) is 11.0 Å². The monoisotopic (exact) mass is 561 g/mol. The van der Waals surface area contributed by atoms with E-state index in [4.69, 9.17) is 9.72 Å². The number of nitrogens with one attached hydrogen (secondary N) is 1. The van der Waals surface area contributed by atoms with Gasteiger partial charge < -0.3 is 15.0 Å². The van der Waals surface area contributed by atoms with E-state index in [-0.39, 0.29) is 28.9 Å². The van der Waals surface area contributed by atoms with Crippen LogP contribution in [-0.4, -0.2) is 74.5 Å². The first kappa shape index (κ1) is 28.7. The number of aromatic nitrogens is 4. The number of rotatable bonds is 7. The Balaban J connectivity index is 1.29. The molecule has 0 radical (unpaired) electrons. The molecule has 1 saturated carbocycles. The van der Waals surface area contributed by atoms with Crippen molar-refractivity contribution in [3.8, 4) is 0 Å². The number of aryl methyl sites for hydroxylation is 1. The molecular formula is C30H39N7O4. The van der Waals surface area contributed by atoms with E-state index in [1.165, 1.54) is 6.92 Å². The fraction of sp³-hybridized carbons (Fsp3) is 0.533. The van der Waals surface area contributed by atoms with Crippen LogP contribution in [0.4, 0.5) is 17.5 Å². The predicted molar refractivity (Wildman–Crippen MR) is 158 cm³/mol. The zero-order valence-corrected chi connectivity index (χ0v) is 24.6. The first-order valence-electron chi connectivity index (χ1n) is 14.3. The Bertz CT molecular complexity index is 1500. The van der Waals surface area contributed by atoms with Crippen molar-refractivity contribution in [2.45, 2.75) is 71.9 Å². The molecule has 0 aromatic carbocycles. The predicted octanol–water partition coefficient (Wildman–Crippen LogP) is 4.02. The normalized spacial score (nSPS) is 16.8. The van der Waals surface area contributed by atoms with E-state index in [0.717, 1.165) is 57.5 Å². The molecule has 2 fully saturated rings. The number of ether oxygens (including phenoxy) is 1. The molecule has 11 heteroatoms. The van der Waals surface area contributed by atoms with Crippen LogP contribution in [0.2, 0.25) is 0 Å². The van der Waals surface area contributed by atoms with Crippen LogP contribution in [0.1, 0.15) is 75.3 Å². The third-order valence-corrected chi connectivity index (χ3v) is 7.75. The van der Waals surface area contributed by atoms with E-state index < -0.39 is 5.60 Å². The van der Waals surface area contributed by atoms with Crippen LogP contribution >= 0.6 is 0 Å². The van der Waals surface area contributed by atoms with Crippen molar-refractivity contribution in [3.05, 3.63) is 46.0 Å². The number of ketones is 1. The van der Waals surface area contributed by atoms with Gasteiger partial charge in [-0.1, -0.05) is 12.8 Å². The number of nitrogens with zero attached hydrogens (tertiary/aromatic N) is 6. The zero-order valence-electron chi connectivity index (χ0n) is 24.6. The summed E-state index contributed by atoms with van der Waals surface area (Å²) < 4.78 is 7.15. The second kappa shape index (κ2) is 11.6. The van der Waals surface area contributed by atoms with Crippen molar-refractivity contribution in [2.24, 2.45) is 0 Å². The Morgan fingerprint density at radius 2 is 1.76 bits per heavy atom. The number of carbonyl (C=O) groups excluding carboxylic acids is 2. The van der Waals surface area contributed by atoms with Gasteiger partial charge in [-0.15, -0.1) is 0 Å². The maximum atomic E-state index is 13.4. The molecule has 1 saturated heterocycles. The lowest BCUT2D eigenvalue weighted by Gasteiger charge is -2.35. The molecule has 218 valence electrons. The van der Waals surface area contributed by atoms with E-state index in [2.05, 4.69) is 25.1 Å². The lowest BCUT2D eigenvalue weighted by molar-refractivity contribution is -0.156. The first-order valence-corrected chi connectivity index (χ1v) is 14.3. The summed E-state index contributed by atoms with van der Waals surface area (Å²) >= 11 is 0. The quantitative estimate of drug-likeness (QED) is 0.334. The highest BCUT2D eigenvalue weighted by Crippen LogP contribution is 2.32. The molecular weight excluding hydrogens is 522 g/mol. The van der Waals surface area contributed by atoms with Crippen LogP contribution in [0.5, 0.6) is 0 Å². The van der Waals surface area contributed by atoms with Gasteiger partial charge in [-0.3, -0.25) is 23.9 Å². The number of hydrogen-bond acceptors (Lipinski definition) is 10. The molecule has 0 bridgehead atoms. The number of fused-ring (bicyclic) bond motifs is 1. The zero-order chi connectivity index (χ0) is 29.3. The van der Waals surface area contributed by atoms with Crippen LogP contribution < -0.4 is 15.8 Å². The number of hydrogen-bond donors (Lipinski definition) is 1. The number of anilines is 3. The van der Waals surface area contributed by atoms with Gasteiger partial charge in [-0.05, 0) is 65.2 Å². The Hall–Kier alpha value is -3.86. The minimum Gasteiger partial charge on any atom is -0.459 e. The van der Waals surface area contributed by atoms with Crippen molar-refractivity contribution < 1.29 is 14.3 Å². The van der Waals surface area contributed by atoms with Gasteiger partial charge in [0.2, 0.25) is 5.95 Å². The molecule has 3 aromatic heterocycles. The number of Topliss-reactive ketones (excluding diaryl/α,β-unsaturated/α-hetero) is 1. The molecule has 0 unspecified atom stereocenters. The molecule has 0 amide bonds. The fourth-order valence-electron chi connectivity index (χ4n) is 5.79. The van der Waals surface area contributed by atoms with Crippen molar-refractivity contribution in [1.82, 2.24) is 24.4 Å². The van der Waals surface area contributed by atoms with Crippen LogP contribution in [0.3, 0.4) is 0 Å². The Morgan fingerprint density at radius 3 is 2.37 bits per heavy atom. The minimum absolute atomic E-state index is 0.0217. The van der Waals surface area contributed by atoms with E-state index >= 15 is 0 Å². The highest BCUT2D eigenvalue weighted by Gasteiger charge is 2.26. The van der Waals surface area contributed by atoms with E-state index in [0.29, 0.717) is 34.9 Å². The highest BCUT2D eigenvalue weighted by molar-refractivity contribution is 5.99. The molecule has 5 rings (SSSR count). The molecule has 3 aromatic rings. The summed E-state index contributed by atoms with van der Waals surface area (Å²) in [5.74, 6) is 0.490. The average molecular weight is 562 g/mol. The van der Waals surface area contributed by atoms with Gasteiger partial charge in [0.15, 0.2) is 5.78 Å². The lowest BCUT2D eigenvalue weighted by Crippen LogP contribution is -2.48.